The van der Waals surface area contributed by atoms with Gasteiger partial charge in [0.2, 0.25) is 5.91 Å². The van der Waals surface area contributed by atoms with E-state index in [4.69, 9.17) is 4.74 Å². The maximum absolute atomic E-state index is 12.5. The molecule has 0 radical (unpaired) electrons. The van der Waals surface area contributed by atoms with Gasteiger partial charge in [0.1, 0.15) is 0 Å². The fourth-order valence-electron chi connectivity index (χ4n) is 2.29. The summed E-state index contributed by atoms with van der Waals surface area (Å²) in [6, 6.07) is 19.7. The maximum atomic E-state index is 12.5. The molecule has 1 N–H and O–H groups in total. The van der Waals surface area contributed by atoms with E-state index in [-0.39, 0.29) is 17.9 Å². The molecule has 3 rings (SSSR count). The number of carbonyl (C=O) groups is 1. The van der Waals surface area contributed by atoms with E-state index in [0.717, 1.165) is 17.7 Å². The summed E-state index contributed by atoms with van der Waals surface area (Å²) in [6.07, 6.45) is 0.200. The minimum absolute atomic E-state index is 0.0258. The van der Waals surface area contributed by atoms with Crippen molar-refractivity contribution in [2.75, 3.05) is 13.2 Å². The van der Waals surface area contributed by atoms with Crippen LogP contribution in [0.1, 0.15) is 17.0 Å². The van der Waals surface area contributed by atoms with Crippen molar-refractivity contribution in [1.29, 1.82) is 0 Å². The third kappa shape index (κ3) is 3.06. The molecule has 3 nitrogen and oxygen atoms in total. The number of carbonyl (C=O) groups excluding carboxylic acids is 1. The van der Waals surface area contributed by atoms with Crippen LogP contribution in [0.25, 0.3) is 0 Å². The summed E-state index contributed by atoms with van der Waals surface area (Å²) in [5, 5.41) is 2.98. The number of hydrogen-bond acceptors (Lipinski definition) is 2. The zero-order valence-electron chi connectivity index (χ0n) is 11.2. The monoisotopic (exact) mass is 267 g/mol. The van der Waals surface area contributed by atoms with Crippen LogP contribution in [0, 0.1) is 0 Å². The van der Waals surface area contributed by atoms with E-state index in [0.29, 0.717) is 6.54 Å². The molecule has 2 aromatic carbocycles. The number of hydrogen-bond donors (Lipinski definition) is 1. The van der Waals surface area contributed by atoms with Crippen LogP contribution in [-0.2, 0) is 9.53 Å². The average Bonchev–Trinajstić information content (AvgIpc) is 3.32. The van der Waals surface area contributed by atoms with Gasteiger partial charge in [-0.25, -0.2) is 0 Å². The van der Waals surface area contributed by atoms with Gasteiger partial charge < -0.3 is 10.1 Å². The molecule has 3 heteroatoms. The third-order valence-corrected chi connectivity index (χ3v) is 3.43. The van der Waals surface area contributed by atoms with Gasteiger partial charge in [0.05, 0.1) is 18.6 Å². The van der Waals surface area contributed by atoms with Gasteiger partial charge in [-0.15, -0.1) is 0 Å². The van der Waals surface area contributed by atoms with Crippen LogP contribution < -0.4 is 5.32 Å². The fourth-order valence-corrected chi connectivity index (χ4v) is 2.29. The molecule has 1 heterocycles. The SMILES string of the molecule is O=C(NC[C@H]1CO1)C(c1ccccc1)c1ccccc1. The average molecular weight is 267 g/mol. The van der Waals surface area contributed by atoms with E-state index < -0.39 is 0 Å². The molecule has 0 spiro atoms. The van der Waals surface area contributed by atoms with Gasteiger partial charge in [0.15, 0.2) is 0 Å². The summed E-state index contributed by atoms with van der Waals surface area (Å²) in [4.78, 5) is 12.5. The summed E-state index contributed by atoms with van der Waals surface area (Å²) < 4.78 is 5.14. The van der Waals surface area contributed by atoms with Crippen molar-refractivity contribution < 1.29 is 9.53 Å². The van der Waals surface area contributed by atoms with Gasteiger partial charge >= 0.3 is 0 Å². The number of benzene rings is 2. The van der Waals surface area contributed by atoms with Crippen LogP contribution in [0.3, 0.4) is 0 Å². The first-order chi connectivity index (χ1) is 9.84. The summed E-state index contributed by atoms with van der Waals surface area (Å²) in [5.74, 6) is -0.242. The predicted octanol–water partition coefficient (Wildman–Crippen LogP) is 2.33. The second kappa shape index (κ2) is 5.88. The van der Waals surface area contributed by atoms with Crippen molar-refractivity contribution in [3.63, 3.8) is 0 Å². The Labute approximate surface area is 118 Å². The molecule has 0 bridgehead atoms. The summed E-state index contributed by atoms with van der Waals surface area (Å²) in [6.45, 7) is 1.34. The second-order valence-corrected chi connectivity index (χ2v) is 4.95. The Morgan fingerprint density at radius 2 is 1.55 bits per heavy atom. The molecular formula is C17H17NO2. The Balaban J connectivity index is 1.84. The summed E-state index contributed by atoms with van der Waals surface area (Å²) in [7, 11) is 0. The normalized spacial score (nSPS) is 16.9. The molecule has 1 atom stereocenters. The molecule has 1 aliphatic heterocycles. The minimum atomic E-state index is -0.267. The van der Waals surface area contributed by atoms with Crippen molar-refractivity contribution in [3.05, 3.63) is 71.8 Å². The lowest BCUT2D eigenvalue weighted by Gasteiger charge is -2.17. The largest absolute Gasteiger partial charge is 0.371 e. The second-order valence-electron chi connectivity index (χ2n) is 4.95. The molecule has 1 saturated heterocycles. The van der Waals surface area contributed by atoms with E-state index in [1.165, 1.54) is 0 Å². The van der Waals surface area contributed by atoms with Crippen LogP contribution in [0.15, 0.2) is 60.7 Å². The predicted molar refractivity (Wildman–Crippen MR) is 77.5 cm³/mol. The van der Waals surface area contributed by atoms with Crippen molar-refractivity contribution in [2.45, 2.75) is 12.0 Å². The van der Waals surface area contributed by atoms with Crippen LogP contribution in [0.5, 0.6) is 0 Å². The first-order valence-corrected chi connectivity index (χ1v) is 6.84. The summed E-state index contributed by atoms with van der Waals surface area (Å²) >= 11 is 0. The number of rotatable bonds is 5. The first kappa shape index (κ1) is 12.9. The Bertz CT molecular complexity index is 525. The van der Waals surface area contributed by atoms with E-state index in [1.54, 1.807) is 0 Å². The number of nitrogens with one attached hydrogen (secondary N) is 1. The molecule has 2 aromatic rings. The highest BCUT2D eigenvalue weighted by Crippen LogP contribution is 2.24. The van der Waals surface area contributed by atoms with E-state index in [2.05, 4.69) is 5.32 Å². The lowest BCUT2D eigenvalue weighted by atomic mass is 9.90. The zero-order valence-corrected chi connectivity index (χ0v) is 11.2. The first-order valence-electron chi connectivity index (χ1n) is 6.84. The number of amides is 1. The van der Waals surface area contributed by atoms with Gasteiger partial charge in [-0.1, -0.05) is 60.7 Å². The molecule has 20 heavy (non-hydrogen) atoms. The van der Waals surface area contributed by atoms with Crippen molar-refractivity contribution >= 4 is 5.91 Å². The number of ether oxygens (including phenoxy) is 1. The Hall–Kier alpha value is -2.13. The molecule has 102 valence electrons. The molecule has 0 unspecified atom stereocenters. The van der Waals surface area contributed by atoms with Gasteiger partial charge in [0.25, 0.3) is 0 Å². The number of epoxide rings is 1. The quantitative estimate of drug-likeness (QED) is 0.845. The van der Waals surface area contributed by atoms with Crippen molar-refractivity contribution in [2.24, 2.45) is 0 Å². The van der Waals surface area contributed by atoms with Gasteiger partial charge in [-0.2, -0.15) is 0 Å². The molecule has 1 fully saturated rings. The highest BCUT2D eigenvalue weighted by atomic mass is 16.6. The maximum Gasteiger partial charge on any atom is 0.232 e. The van der Waals surface area contributed by atoms with Gasteiger partial charge in [-0.05, 0) is 11.1 Å². The zero-order chi connectivity index (χ0) is 13.8. The molecular weight excluding hydrogens is 250 g/mol. The minimum Gasteiger partial charge on any atom is -0.371 e. The topological polar surface area (TPSA) is 41.6 Å². The Morgan fingerprint density at radius 1 is 1.05 bits per heavy atom. The van der Waals surface area contributed by atoms with Crippen LogP contribution >= 0.6 is 0 Å². The molecule has 0 aliphatic carbocycles. The van der Waals surface area contributed by atoms with Crippen LogP contribution in [0.2, 0.25) is 0 Å². The van der Waals surface area contributed by atoms with Crippen molar-refractivity contribution in [3.8, 4) is 0 Å². The van der Waals surface area contributed by atoms with E-state index >= 15 is 0 Å². The third-order valence-electron chi connectivity index (χ3n) is 3.43. The Kier molecular flexibility index (Phi) is 3.79. The summed E-state index contributed by atoms with van der Waals surface area (Å²) in [5.41, 5.74) is 2.01. The molecule has 1 aliphatic rings. The van der Waals surface area contributed by atoms with Crippen LogP contribution in [-0.4, -0.2) is 25.2 Å². The van der Waals surface area contributed by atoms with Crippen LogP contribution in [0.4, 0.5) is 0 Å². The van der Waals surface area contributed by atoms with Gasteiger partial charge in [0, 0.05) is 6.54 Å². The van der Waals surface area contributed by atoms with Crippen molar-refractivity contribution in [1.82, 2.24) is 5.32 Å². The van der Waals surface area contributed by atoms with E-state index in [9.17, 15) is 4.79 Å². The Morgan fingerprint density at radius 3 is 2.00 bits per heavy atom. The lowest BCUT2D eigenvalue weighted by molar-refractivity contribution is -0.121. The molecule has 1 amide bonds. The highest BCUT2D eigenvalue weighted by molar-refractivity contribution is 5.87. The molecule has 0 saturated carbocycles. The highest BCUT2D eigenvalue weighted by Gasteiger charge is 2.26. The smallest absolute Gasteiger partial charge is 0.232 e. The van der Waals surface area contributed by atoms with E-state index in [1.807, 2.05) is 60.7 Å². The van der Waals surface area contributed by atoms with Gasteiger partial charge in [-0.3, -0.25) is 4.79 Å². The molecule has 0 aromatic heterocycles. The fraction of sp³-hybridized carbons (Fsp3) is 0.235. The lowest BCUT2D eigenvalue weighted by Crippen LogP contribution is -2.32. The standard InChI is InChI=1S/C17H17NO2/c19-17(18-11-15-12-20-15)16(13-7-3-1-4-8-13)14-9-5-2-6-10-14/h1-10,15-16H,11-12H2,(H,18,19)/t15-/m0/s1.